The van der Waals surface area contributed by atoms with E-state index in [9.17, 15) is 4.79 Å². The van der Waals surface area contributed by atoms with E-state index in [0.717, 1.165) is 62.6 Å². The first-order valence-electron chi connectivity index (χ1n) is 14.6. The molecular weight excluding hydrogens is 540 g/mol. The number of fused-ring (bicyclic) bond motifs is 4. The molecule has 1 aliphatic rings. The van der Waals surface area contributed by atoms with Gasteiger partial charge in [0.2, 0.25) is 0 Å². The van der Waals surface area contributed by atoms with E-state index >= 15 is 0 Å². The molecule has 0 spiro atoms. The van der Waals surface area contributed by atoms with Crippen LogP contribution < -0.4 is 9.47 Å². The number of carbonyl (C=O) groups is 1. The zero-order chi connectivity index (χ0) is 29.6. The third-order valence-electron chi connectivity index (χ3n) is 7.71. The van der Waals surface area contributed by atoms with E-state index in [0.29, 0.717) is 32.8 Å². The zero-order valence-electron chi connectivity index (χ0n) is 24.4. The van der Waals surface area contributed by atoms with Crippen LogP contribution in [0.3, 0.4) is 0 Å². The van der Waals surface area contributed by atoms with Crippen LogP contribution in [0.5, 0.6) is 11.5 Å². The van der Waals surface area contributed by atoms with Gasteiger partial charge in [0.05, 0.1) is 47.7 Å². The van der Waals surface area contributed by atoms with Crippen molar-refractivity contribution in [3.05, 3.63) is 119 Å². The number of nitrogens with zero attached hydrogens (tertiary/aromatic N) is 2. The summed E-state index contributed by atoms with van der Waals surface area (Å²) in [4.78, 5) is 21.5. The largest absolute Gasteiger partial charge is 0.494 e. The zero-order valence-corrected chi connectivity index (χ0v) is 24.4. The van der Waals surface area contributed by atoms with Gasteiger partial charge in [0.25, 0.3) is 0 Å². The van der Waals surface area contributed by atoms with Crippen LogP contribution in [0.2, 0.25) is 0 Å². The summed E-state index contributed by atoms with van der Waals surface area (Å²) in [5, 5.41) is 0. The summed E-state index contributed by atoms with van der Waals surface area (Å²) in [6, 6.07) is 33.0. The highest BCUT2D eigenvalue weighted by molar-refractivity contribution is 5.87. The lowest BCUT2D eigenvalue weighted by Gasteiger charge is -2.32. The molecule has 7 heteroatoms. The number of esters is 1. The molecule has 0 radical (unpaired) electrons. The first-order chi connectivity index (χ1) is 21.1. The SMILES string of the molecule is COCCCOc1ccc(C2(c3ccc(OCCCOC(C)=O)cc3)c3ccccc3-c3nc4ccccc4nc32)cc1. The molecule has 1 heterocycles. The average molecular weight is 575 g/mol. The molecule has 4 aromatic carbocycles. The summed E-state index contributed by atoms with van der Waals surface area (Å²) in [5.74, 6) is 1.27. The van der Waals surface area contributed by atoms with Crippen molar-refractivity contribution in [2.45, 2.75) is 25.2 Å². The first kappa shape index (κ1) is 28.4. The van der Waals surface area contributed by atoms with Crippen LogP contribution in [-0.4, -0.2) is 49.5 Å². The number of rotatable bonds is 12. The highest BCUT2D eigenvalue weighted by Crippen LogP contribution is 2.55. The quantitative estimate of drug-likeness (QED) is 0.118. The molecule has 0 saturated carbocycles. The van der Waals surface area contributed by atoms with Crippen molar-refractivity contribution >= 4 is 17.0 Å². The average Bonchev–Trinajstić information content (AvgIpc) is 3.32. The van der Waals surface area contributed by atoms with Gasteiger partial charge in [-0.3, -0.25) is 4.79 Å². The van der Waals surface area contributed by atoms with Crippen LogP contribution in [0.1, 0.15) is 42.1 Å². The molecule has 7 nitrogen and oxygen atoms in total. The van der Waals surface area contributed by atoms with Gasteiger partial charge in [-0.2, -0.15) is 0 Å². The van der Waals surface area contributed by atoms with Crippen molar-refractivity contribution in [3.63, 3.8) is 0 Å². The van der Waals surface area contributed by atoms with Gasteiger partial charge in [0.15, 0.2) is 0 Å². The third kappa shape index (κ3) is 5.56. The smallest absolute Gasteiger partial charge is 0.302 e. The number of hydrogen-bond donors (Lipinski definition) is 0. The van der Waals surface area contributed by atoms with Crippen LogP contribution in [0.25, 0.3) is 22.3 Å². The molecule has 1 unspecified atom stereocenters. The van der Waals surface area contributed by atoms with E-state index in [2.05, 4.69) is 48.5 Å². The summed E-state index contributed by atoms with van der Waals surface area (Å²) >= 11 is 0. The second-order valence-corrected chi connectivity index (χ2v) is 10.5. The summed E-state index contributed by atoms with van der Waals surface area (Å²) in [5.41, 5.74) is 7.13. The van der Waals surface area contributed by atoms with Gasteiger partial charge in [0.1, 0.15) is 11.5 Å². The van der Waals surface area contributed by atoms with E-state index in [-0.39, 0.29) is 5.97 Å². The number of aromatic nitrogens is 2. The minimum absolute atomic E-state index is 0.284. The van der Waals surface area contributed by atoms with E-state index < -0.39 is 5.41 Å². The fraction of sp³-hybridized carbons (Fsp3) is 0.250. The van der Waals surface area contributed by atoms with Gasteiger partial charge in [-0.1, -0.05) is 60.7 Å². The van der Waals surface area contributed by atoms with E-state index in [1.165, 1.54) is 6.92 Å². The molecule has 0 N–H and O–H groups in total. The second kappa shape index (κ2) is 12.6. The van der Waals surface area contributed by atoms with Crippen molar-refractivity contribution in [1.82, 2.24) is 9.97 Å². The molecule has 0 aliphatic heterocycles. The Morgan fingerprint density at radius 3 is 1.84 bits per heavy atom. The van der Waals surface area contributed by atoms with Crippen LogP contribution in [0.15, 0.2) is 97.1 Å². The van der Waals surface area contributed by atoms with Crippen LogP contribution in [0.4, 0.5) is 0 Å². The van der Waals surface area contributed by atoms with E-state index in [1.54, 1.807) is 7.11 Å². The van der Waals surface area contributed by atoms with Gasteiger partial charge >= 0.3 is 5.97 Å². The predicted octanol–water partition coefficient (Wildman–Crippen LogP) is 6.74. The summed E-state index contributed by atoms with van der Waals surface area (Å²) in [6.45, 7) is 3.44. The molecule has 43 heavy (non-hydrogen) atoms. The Balaban J connectivity index is 1.43. The number of ether oxygens (including phenoxy) is 4. The van der Waals surface area contributed by atoms with Gasteiger partial charge < -0.3 is 18.9 Å². The molecule has 0 amide bonds. The minimum atomic E-state index is -0.703. The van der Waals surface area contributed by atoms with Gasteiger partial charge in [-0.05, 0) is 53.1 Å². The van der Waals surface area contributed by atoms with Crippen LogP contribution in [0, 0.1) is 0 Å². The molecule has 1 aliphatic carbocycles. The van der Waals surface area contributed by atoms with E-state index in [1.807, 2.05) is 48.5 Å². The Kier molecular flexibility index (Phi) is 8.34. The number of methoxy groups -OCH3 is 1. The maximum Gasteiger partial charge on any atom is 0.302 e. The lowest BCUT2D eigenvalue weighted by Crippen LogP contribution is -2.29. The minimum Gasteiger partial charge on any atom is -0.494 e. The second-order valence-electron chi connectivity index (χ2n) is 10.5. The van der Waals surface area contributed by atoms with E-state index in [4.69, 9.17) is 28.9 Å². The molecule has 0 saturated heterocycles. The molecule has 218 valence electrons. The maximum atomic E-state index is 11.0. The number of benzene rings is 4. The monoisotopic (exact) mass is 574 g/mol. The Morgan fingerprint density at radius 2 is 1.23 bits per heavy atom. The number of para-hydroxylation sites is 2. The lowest BCUT2D eigenvalue weighted by atomic mass is 9.69. The van der Waals surface area contributed by atoms with Gasteiger partial charge in [0, 0.05) is 39.0 Å². The van der Waals surface area contributed by atoms with Gasteiger partial charge in [-0.15, -0.1) is 0 Å². The molecule has 0 bridgehead atoms. The first-order valence-corrected chi connectivity index (χ1v) is 14.6. The van der Waals surface area contributed by atoms with Crippen LogP contribution in [-0.2, 0) is 19.7 Å². The van der Waals surface area contributed by atoms with Gasteiger partial charge in [-0.25, -0.2) is 9.97 Å². The third-order valence-corrected chi connectivity index (χ3v) is 7.71. The topological polar surface area (TPSA) is 79.8 Å². The Labute approximate surface area is 251 Å². The predicted molar refractivity (Wildman–Crippen MR) is 166 cm³/mol. The Hall–Kier alpha value is -4.75. The molecule has 1 aromatic heterocycles. The Bertz CT molecular complexity index is 1720. The molecule has 1 atom stereocenters. The summed E-state index contributed by atoms with van der Waals surface area (Å²) in [6.07, 6.45) is 1.44. The summed E-state index contributed by atoms with van der Waals surface area (Å²) < 4.78 is 22.1. The fourth-order valence-corrected chi connectivity index (χ4v) is 5.81. The maximum absolute atomic E-state index is 11.0. The lowest BCUT2D eigenvalue weighted by molar-refractivity contribution is -0.141. The van der Waals surface area contributed by atoms with Crippen molar-refractivity contribution < 1.29 is 23.7 Å². The Morgan fingerprint density at radius 1 is 0.674 bits per heavy atom. The molecule has 0 fully saturated rings. The molecule has 6 rings (SSSR count). The van der Waals surface area contributed by atoms with Crippen molar-refractivity contribution in [3.8, 4) is 22.8 Å². The standard InChI is InChI=1S/C36H34N2O5/c1-25(39)41-22-8-24-43-29-19-15-27(16-20-29)36(26-13-17-28(18-14-26)42-23-7-21-40-2)31-10-4-3-9-30(31)34-35(36)38-33-12-6-5-11-32(33)37-34/h3-6,9-20H,7-8,21-24H2,1-2H3. The van der Waals surface area contributed by atoms with Crippen molar-refractivity contribution in [1.29, 1.82) is 0 Å². The summed E-state index contributed by atoms with van der Waals surface area (Å²) in [7, 11) is 1.70. The van der Waals surface area contributed by atoms with Crippen molar-refractivity contribution in [2.24, 2.45) is 0 Å². The highest BCUT2D eigenvalue weighted by Gasteiger charge is 2.48. The molecule has 5 aromatic rings. The normalized spacial score (nSPS) is 15.1. The highest BCUT2D eigenvalue weighted by atomic mass is 16.5. The van der Waals surface area contributed by atoms with Crippen LogP contribution >= 0.6 is 0 Å². The fourth-order valence-electron chi connectivity index (χ4n) is 5.81. The number of carbonyl (C=O) groups excluding carboxylic acids is 1. The number of hydrogen-bond acceptors (Lipinski definition) is 7. The van der Waals surface area contributed by atoms with Crippen molar-refractivity contribution in [2.75, 3.05) is 33.5 Å². The molecular formula is C36H34N2O5.